The van der Waals surface area contributed by atoms with Crippen molar-refractivity contribution in [1.29, 1.82) is 0 Å². The quantitative estimate of drug-likeness (QED) is 0.860. The Labute approximate surface area is 120 Å². The van der Waals surface area contributed by atoms with Gasteiger partial charge in [0, 0.05) is 6.54 Å². The van der Waals surface area contributed by atoms with Crippen molar-refractivity contribution in [3.05, 3.63) is 29.6 Å². The molecule has 0 radical (unpaired) electrons. The molecule has 0 bridgehead atoms. The highest BCUT2D eigenvalue weighted by atomic mass is 19.1. The third-order valence-corrected chi connectivity index (χ3v) is 5.00. The lowest BCUT2D eigenvalue weighted by Crippen LogP contribution is -2.35. The second-order valence-corrected chi connectivity index (χ2v) is 6.59. The summed E-state index contributed by atoms with van der Waals surface area (Å²) in [7, 11) is 1.51. The highest BCUT2D eigenvalue weighted by molar-refractivity contribution is 5.30. The predicted molar refractivity (Wildman–Crippen MR) is 78.5 cm³/mol. The summed E-state index contributed by atoms with van der Waals surface area (Å²) >= 11 is 0. The van der Waals surface area contributed by atoms with Gasteiger partial charge in [0.05, 0.1) is 7.11 Å². The molecule has 0 heterocycles. The Morgan fingerprint density at radius 1 is 1.35 bits per heavy atom. The lowest BCUT2D eigenvalue weighted by Gasteiger charge is -2.31. The number of hydrogen-bond donors (Lipinski definition) is 1. The van der Waals surface area contributed by atoms with Crippen LogP contribution in [0.4, 0.5) is 4.39 Å². The fraction of sp³-hybridized carbons (Fsp3) is 0.647. The van der Waals surface area contributed by atoms with Crippen LogP contribution in [0, 0.1) is 23.1 Å². The minimum Gasteiger partial charge on any atom is -0.494 e. The smallest absolute Gasteiger partial charge is 0.165 e. The van der Waals surface area contributed by atoms with E-state index in [9.17, 15) is 4.39 Å². The van der Waals surface area contributed by atoms with Gasteiger partial charge in [0.15, 0.2) is 11.6 Å². The summed E-state index contributed by atoms with van der Waals surface area (Å²) in [6.45, 7) is 4.22. The van der Waals surface area contributed by atoms with E-state index in [0.29, 0.717) is 11.2 Å². The second kappa shape index (κ2) is 5.36. The molecule has 20 heavy (non-hydrogen) atoms. The van der Waals surface area contributed by atoms with Crippen molar-refractivity contribution in [3.8, 4) is 5.75 Å². The molecule has 3 rings (SSSR count). The molecular weight excluding hydrogens is 253 g/mol. The fourth-order valence-corrected chi connectivity index (χ4v) is 4.00. The third kappa shape index (κ3) is 2.69. The number of rotatable bonds is 6. The molecule has 0 saturated heterocycles. The zero-order valence-corrected chi connectivity index (χ0v) is 12.4. The third-order valence-electron chi connectivity index (χ3n) is 5.00. The Hall–Kier alpha value is -1.09. The van der Waals surface area contributed by atoms with Crippen LogP contribution in [0.2, 0.25) is 0 Å². The number of methoxy groups -OCH3 is 1. The summed E-state index contributed by atoms with van der Waals surface area (Å²) in [5.41, 5.74) is 1.44. The Morgan fingerprint density at radius 3 is 2.70 bits per heavy atom. The van der Waals surface area contributed by atoms with E-state index in [0.717, 1.165) is 36.9 Å². The molecule has 2 nitrogen and oxygen atoms in total. The SMILES string of the molecule is CCNCC1(Cc2ccc(OC)c(F)c2)CC2CC2C1. The van der Waals surface area contributed by atoms with Crippen molar-refractivity contribution in [1.82, 2.24) is 5.32 Å². The number of nitrogens with one attached hydrogen (secondary N) is 1. The highest BCUT2D eigenvalue weighted by Crippen LogP contribution is 2.60. The average molecular weight is 277 g/mol. The van der Waals surface area contributed by atoms with Crippen molar-refractivity contribution in [2.45, 2.75) is 32.6 Å². The summed E-state index contributed by atoms with van der Waals surface area (Å²) in [5.74, 6) is 1.98. The first-order valence-electron chi connectivity index (χ1n) is 7.69. The molecule has 0 spiro atoms. The molecule has 2 unspecified atom stereocenters. The summed E-state index contributed by atoms with van der Waals surface area (Å²) in [4.78, 5) is 0. The van der Waals surface area contributed by atoms with E-state index >= 15 is 0 Å². The molecule has 110 valence electrons. The van der Waals surface area contributed by atoms with Crippen molar-refractivity contribution in [2.24, 2.45) is 17.3 Å². The molecule has 0 aromatic heterocycles. The van der Waals surface area contributed by atoms with E-state index in [4.69, 9.17) is 4.74 Å². The predicted octanol–water partition coefficient (Wildman–Crippen LogP) is 3.40. The van der Waals surface area contributed by atoms with E-state index in [1.54, 1.807) is 12.1 Å². The monoisotopic (exact) mass is 277 g/mol. The Kier molecular flexibility index (Phi) is 3.72. The lowest BCUT2D eigenvalue weighted by atomic mass is 9.77. The summed E-state index contributed by atoms with van der Waals surface area (Å²) in [6.07, 6.45) is 5.01. The van der Waals surface area contributed by atoms with E-state index < -0.39 is 0 Å². The molecule has 1 aromatic carbocycles. The maximum atomic E-state index is 13.8. The van der Waals surface area contributed by atoms with Gasteiger partial charge in [0.25, 0.3) is 0 Å². The van der Waals surface area contributed by atoms with Gasteiger partial charge in [-0.1, -0.05) is 13.0 Å². The fourth-order valence-electron chi connectivity index (χ4n) is 4.00. The highest BCUT2D eigenvalue weighted by Gasteiger charge is 2.53. The summed E-state index contributed by atoms with van der Waals surface area (Å²) in [5, 5.41) is 3.51. The normalized spacial score (nSPS) is 31.1. The Morgan fingerprint density at radius 2 is 2.10 bits per heavy atom. The van der Waals surface area contributed by atoms with Crippen LogP contribution < -0.4 is 10.1 Å². The van der Waals surface area contributed by atoms with Crippen LogP contribution in [0.3, 0.4) is 0 Å². The summed E-state index contributed by atoms with van der Waals surface area (Å²) in [6, 6.07) is 5.41. The van der Waals surface area contributed by atoms with Gasteiger partial charge in [-0.15, -0.1) is 0 Å². The van der Waals surface area contributed by atoms with Crippen molar-refractivity contribution in [2.75, 3.05) is 20.2 Å². The van der Waals surface area contributed by atoms with Gasteiger partial charge >= 0.3 is 0 Å². The van der Waals surface area contributed by atoms with Crippen molar-refractivity contribution < 1.29 is 9.13 Å². The molecular formula is C17H24FNO. The average Bonchev–Trinajstić information content (AvgIpc) is 3.05. The molecule has 1 aromatic rings. The largest absolute Gasteiger partial charge is 0.494 e. The maximum absolute atomic E-state index is 13.8. The lowest BCUT2D eigenvalue weighted by molar-refractivity contribution is 0.250. The first-order chi connectivity index (χ1) is 9.65. The molecule has 0 aliphatic heterocycles. The second-order valence-electron chi connectivity index (χ2n) is 6.59. The molecule has 2 saturated carbocycles. The van der Waals surface area contributed by atoms with Gasteiger partial charge < -0.3 is 10.1 Å². The molecule has 2 atom stereocenters. The summed E-state index contributed by atoms with van der Waals surface area (Å²) < 4.78 is 18.8. The standard InChI is InChI=1S/C17H24FNO/c1-3-19-11-17(9-13-7-14(13)10-17)8-12-4-5-16(20-2)15(18)6-12/h4-6,13-14,19H,3,7-11H2,1-2H3. The Bertz CT molecular complexity index is 478. The van der Waals surface area contributed by atoms with Gasteiger partial charge in [0.1, 0.15) is 0 Å². The first-order valence-corrected chi connectivity index (χ1v) is 7.69. The number of fused-ring (bicyclic) bond motifs is 1. The number of ether oxygens (including phenoxy) is 1. The minimum absolute atomic E-state index is 0.244. The number of hydrogen-bond acceptors (Lipinski definition) is 2. The molecule has 2 aliphatic rings. The zero-order chi connectivity index (χ0) is 14.2. The van der Waals surface area contributed by atoms with Crippen LogP contribution in [0.1, 0.15) is 31.7 Å². The van der Waals surface area contributed by atoms with Crippen LogP contribution in [-0.4, -0.2) is 20.2 Å². The van der Waals surface area contributed by atoms with Crippen molar-refractivity contribution >= 4 is 0 Å². The van der Waals surface area contributed by atoms with E-state index in [-0.39, 0.29) is 5.82 Å². The van der Waals surface area contributed by atoms with Crippen LogP contribution in [-0.2, 0) is 6.42 Å². The van der Waals surface area contributed by atoms with E-state index in [1.807, 2.05) is 6.07 Å². The van der Waals surface area contributed by atoms with Gasteiger partial charge in [-0.25, -0.2) is 4.39 Å². The zero-order valence-electron chi connectivity index (χ0n) is 12.4. The topological polar surface area (TPSA) is 21.3 Å². The van der Waals surface area contributed by atoms with Crippen LogP contribution in [0.5, 0.6) is 5.75 Å². The van der Waals surface area contributed by atoms with Gasteiger partial charge in [0.2, 0.25) is 0 Å². The number of halogens is 1. The molecule has 0 amide bonds. The molecule has 2 fully saturated rings. The van der Waals surface area contributed by atoms with Gasteiger partial charge in [-0.2, -0.15) is 0 Å². The molecule has 2 aliphatic carbocycles. The van der Waals surface area contributed by atoms with Crippen LogP contribution in [0.15, 0.2) is 18.2 Å². The van der Waals surface area contributed by atoms with E-state index in [2.05, 4.69) is 12.2 Å². The minimum atomic E-state index is -0.244. The molecule has 1 N–H and O–H groups in total. The number of benzene rings is 1. The Balaban J connectivity index is 1.74. The molecule has 3 heteroatoms. The van der Waals surface area contributed by atoms with Crippen LogP contribution >= 0.6 is 0 Å². The van der Waals surface area contributed by atoms with Crippen molar-refractivity contribution in [3.63, 3.8) is 0 Å². The van der Waals surface area contributed by atoms with Gasteiger partial charge in [-0.3, -0.25) is 0 Å². The van der Waals surface area contributed by atoms with E-state index in [1.165, 1.54) is 26.4 Å². The van der Waals surface area contributed by atoms with Crippen LogP contribution in [0.25, 0.3) is 0 Å². The van der Waals surface area contributed by atoms with Gasteiger partial charge in [-0.05, 0) is 67.2 Å². The maximum Gasteiger partial charge on any atom is 0.165 e. The first kappa shape index (κ1) is 13.9.